The lowest BCUT2D eigenvalue weighted by molar-refractivity contribution is -0.384. The van der Waals surface area contributed by atoms with Gasteiger partial charge in [-0.3, -0.25) is 24.6 Å². The summed E-state index contributed by atoms with van der Waals surface area (Å²) in [7, 11) is 0. The second-order valence-electron chi connectivity index (χ2n) is 7.87. The third-order valence-electron chi connectivity index (χ3n) is 5.29. The Labute approximate surface area is 244 Å². The Bertz CT molecular complexity index is 1380. The first-order chi connectivity index (χ1) is 17.7. The van der Waals surface area contributed by atoms with E-state index in [9.17, 15) is 19.7 Å². The maximum atomic E-state index is 13.0. The number of nitro benzene ring substituents is 1. The van der Waals surface area contributed by atoms with Gasteiger partial charge >= 0.3 is 0 Å². The van der Waals surface area contributed by atoms with Crippen LogP contribution in [0.2, 0.25) is 0 Å². The smallest absolute Gasteiger partial charge is 0.293 e. The van der Waals surface area contributed by atoms with Gasteiger partial charge in [0.2, 0.25) is 0 Å². The quantitative estimate of drug-likeness (QED) is 0.101. The van der Waals surface area contributed by atoms with E-state index in [1.165, 1.54) is 17.0 Å². The zero-order valence-electron chi connectivity index (χ0n) is 19.5. The lowest BCUT2D eigenvalue weighted by atomic mass is 10.1. The molecule has 0 saturated carbocycles. The molecule has 1 saturated heterocycles. The molecule has 190 valence electrons. The average Bonchev–Trinajstić information content (AvgIpc) is 3.12. The van der Waals surface area contributed by atoms with Gasteiger partial charge in [-0.1, -0.05) is 12.1 Å². The van der Waals surface area contributed by atoms with E-state index in [4.69, 9.17) is 9.47 Å². The molecule has 11 heteroatoms. The minimum atomic E-state index is -0.448. The fraction of sp³-hybridized carbons (Fsp3) is 0.154. The predicted octanol–water partition coefficient (Wildman–Crippen LogP) is 7.02. The number of amides is 2. The van der Waals surface area contributed by atoms with Crippen molar-refractivity contribution in [1.82, 2.24) is 4.90 Å². The van der Waals surface area contributed by atoms with E-state index in [1.807, 2.05) is 37.3 Å². The predicted molar refractivity (Wildman–Crippen MR) is 158 cm³/mol. The summed E-state index contributed by atoms with van der Waals surface area (Å²) < 4.78 is 13.6. The molecule has 37 heavy (non-hydrogen) atoms. The topological polar surface area (TPSA) is 99.0 Å². The largest absolute Gasteiger partial charge is 0.490 e. The van der Waals surface area contributed by atoms with Gasteiger partial charge in [-0.25, -0.2) is 0 Å². The highest BCUT2D eigenvalue weighted by atomic mass is 127. The van der Waals surface area contributed by atoms with Gasteiger partial charge in [-0.15, -0.1) is 0 Å². The minimum absolute atomic E-state index is 0.0145. The van der Waals surface area contributed by atoms with Gasteiger partial charge in [0.05, 0.1) is 26.6 Å². The first kappa shape index (κ1) is 27.4. The third kappa shape index (κ3) is 6.82. The normalized spacial score (nSPS) is 14.4. The Morgan fingerprint density at radius 2 is 1.68 bits per heavy atom. The van der Waals surface area contributed by atoms with Crippen molar-refractivity contribution in [1.29, 1.82) is 0 Å². The van der Waals surface area contributed by atoms with Crippen molar-refractivity contribution < 1.29 is 24.0 Å². The summed E-state index contributed by atoms with van der Waals surface area (Å²) in [5, 5.41) is 10.6. The van der Waals surface area contributed by atoms with Crippen LogP contribution in [0.25, 0.3) is 6.08 Å². The van der Waals surface area contributed by atoms with Crippen LogP contribution in [0.15, 0.2) is 65.6 Å². The van der Waals surface area contributed by atoms with Gasteiger partial charge < -0.3 is 9.47 Å². The Morgan fingerprint density at radius 1 is 1.00 bits per heavy atom. The zero-order valence-corrected chi connectivity index (χ0v) is 24.6. The van der Waals surface area contributed by atoms with E-state index >= 15 is 0 Å². The maximum Gasteiger partial charge on any atom is 0.293 e. The molecule has 0 unspecified atom stereocenters. The van der Waals surface area contributed by atoms with Crippen LogP contribution in [0.3, 0.4) is 0 Å². The molecule has 0 aromatic heterocycles. The van der Waals surface area contributed by atoms with Gasteiger partial charge in [0.15, 0.2) is 11.5 Å². The number of ether oxygens (including phenoxy) is 2. The van der Waals surface area contributed by atoms with E-state index in [1.54, 1.807) is 24.3 Å². The number of rotatable bonds is 9. The van der Waals surface area contributed by atoms with Crippen LogP contribution in [0, 0.1) is 17.3 Å². The average molecular weight is 742 g/mol. The molecule has 4 rings (SSSR count). The number of carbonyl (C=O) groups excluding carboxylic acids is 2. The molecule has 0 bridgehead atoms. The summed E-state index contributed by atoms with van der Waals surface area (Å²) in [4.78, 5) is 37.6. The van der Waals surface area contributed by atoms with E-state index in [2.05, 4.69) is 45.2 Å². The van der Waals surface area contributed by atoms with Gasteiger partial charge in [-0.2, -0.15) is 0 Å². The van der Waals surface area contributed by atoms with Crippen molar-refractivity contribution in [3.05, 3.63) is 99.5 Å². The molecule has 1 aliphatic heterocycles. The molecule has 2 amide bonds. The van der Waals surface area contributed by atoms with Gasteiger partial charge in [0.1, 0.15) is 6.61 Å². The molecule has 8 nitrogen and oxygen atoms in total. The molecule has 1 aliphatic rings. The first-order valence-electron chi connectivity index (χ1n) is 11.1. The number of hydrogen-bond donors (Lipinski definition) is 0. The summed E-state index contributed by atoms with van der Waals surface area (Å²) in [6.45, 7) is 2.68. The molecule has 1 heterocycles. The van der Waals surface area contributed by atoms with Crippen LogP contribution >= 0.6 is 56.9 Å². The van der Waals surface area contributed by atoms with Crippen LogP contribution < -0.4 is 9.47 Å². The molecule has 0 spiro atoms. The highest BCUT2D eigenvalue weighted by Gasteiger charge is 2.35. The van der Waals surface area contributed by atoms with Crippen molar-refractivity contribution in [3.63, 3.8) is 0 Å². The number of non-ortho nitro benzene ring substituents is 1. The molecule has 3 aromatic carbocycles. The molecule has 1 fully saturated rings. The Morgan fingerprint density at radius 3 is 2.32 bits per heavy atom. The van der Waals surface area contributed by atoms with Gasteiger partial charge in [0, 0.05) is 15.7 Å². The number of imide groups is 1. The molecule has 0 aliphatic carbocycles. The second kappa shape index (κ2) is 12.3. The van der Waals surface area contributed by atoms with Crippen LogP contribution in [0.1, 0.15) is 23.6 Å². The van der Waals surface area contributed by atoms with E-state index in [-0.39, 0.29) is 30.0 Å². The highest BCUT2D eigenvalue weighted by molar-refractivity contribution is 14.1. The number of carbonyl (C=O) groups is 2. The number of hydrogen-bond acceptors (Lipinski definition) is 7. The van der Waals surface area contributed by atoms with Crippen LogP contribution in [0.5, 0.6) is 11.5 Å². The minimum Gasteiger partial charge on any atom is -0.490 e. The Kier molecular flexibility index (Phi) is 9.08. The van der Waals surface area contributed by atoms with E-state index < -0.39 is 4.92 Å². The highest BCUT2D eigenvalue weighted by Crippen LogP contribution is 2.38. The van der Waals surface area contributed by atoms with Crippen LogP contribution in [-0.4, -0.2) is 27.6 Å². The van der Waals surface area contributed by atoms with Crippen molar-refractivity contribution in [3.8, 4) is 11.5 Å². The lowest BCUT2D eigenvalue weighted by Crippen LogP contribution is -2.27. The number of nitro groups is 1. The van der Waals surface area contributed by atoms with E-state index in [0.29, 0.717) is 28.6 Å². The molecular weight excluding hydrogens is 722 g/mol. The van der Waals surface area contributed by atoms with Crippen LogP contribution in [0.4, 0.5) is 10.5 Å². The van der Waals surface area contributed by atoms with Crippen molar-refractivity contribution in [2.75, 3.05) is 6.61 Å². The fourth-order valence-electron chi connectivity index (χ4n) is 3.50. The van der Waals surface area contributed by atoms with Gasteiger partial charge in [0.25, 0.3) is 16.8 Å². The SMILES string of the molecule is CCOc1cc(/C=C2\SC(=O)N(Cc3ccc(I)cc3)C2=O)cc(I)c1OCc1ccc([N+](=O)[O-])cc1. The Balaban J connectivity index is 1.52. The summed E-state index contributed by atoms with van der Waals surface area (Å²) in [5.74, 6) is 0.700. The number of halogens is 2. The molecule has 0 N–H and O–H groups in total. The zero-order chi connectivity index (χ0) is 26.5. The molecular formula is C26H20I2N2O6S. The lowest BCUT2D eigenvalue weighted by Gasteiger charge is -2.15. The number of nitrogens with zero attached hydrogens (tertiary/aromatic N) is 2. The fourth-order valence-corrected chi connectivity index (χ4v) is 5.48. The first-order valence-corrected chi connectivity index (χ1v) is 14.0. The Hall–Kier alpha value is -2.65. The monoisotopic (exact) mass is 742 g/mol. The van der Waals surface area contributed by atoms with Crippen LogP contribution in [-0.2, 0) is 17.9 Å². The van der Waals surface area contributed by atoms with Crippen molar-refractivity contribution in [2.45, 2.75) is 20.1 Å². The summed E-state index contributed by atoms with van der Waals surface area (Å²) in [5.41, 5.74) is 2.37. The summed E-state index contributed by atoms with van der Waals surface area (Å²) in [6.07, 6.45) is 1.68. The van der Waals surface area contributed by atoms with Crippen molar-refractivity contribution in [2.24, 2.45) is 0 Å². The number of benzene rings is 3. The maximum absolute atomic E-state index is 13.0. The van der Waals surface area contributed by atoms with Gasteiger partial charge in [-0.05, 0) is 123 Å². The third-order valence-corrected chi connectivity index (χ3v) is 7.72. The molecule has 0 radical (unpaired) electrons. The van der Waals surface area contributed by atoms with E-state index in [0.717, 1.165) is 30.0 Å². The summed E-state index contributed by atoms with van der Waals surface area (Å²) in [6, 6.07) is 17.5. The molecule has 3 aromatic rings. The second-order valence-corrected chi connectivity index (χ2v) is 11.3. The molecule has 0 atom stereocenters. The number of thioether (sulfide) groups is 1. The standard InChI is InChI=1S/C26H20I2N2O6S/c1-2-35-22-12-18(11-21(28)24(22)36-15-17-5-9-20(10-6-17)30(33)34)13-23-25(31)29(26(32)37-23)14-16-3-7-19(27)8-4-16/h3-13H,2,14-15H2,1H3/b23-13-. The summed E-state index contributed by atoms with van der Waals surface area (Å²) >= 11 is 5.25. The van der Waals surface area contributed by atoms with Crippen molar-refractivity contribution >= 4 is 79.9 Å².